The molecule has 0 spiro atoms. The summed E-state index contributed by atoms with van der Waals surface area (Å²) in [5, 5.41) is 2.99. The molecule has 0 aliphatic carbocycles. The Bertz CT molecular complexity index is 617. The van der Waals surface area contributed by atoms with Gasteiger partial charge in [0.15, 0.2) is 11.5 Å². The predicted molar refractivity (Wildman–Crippen MR) is 86.4 cm³/mol. The van der Waals surface area contributed by atoms with Crippen LogP contribution in [0.1, 0.15) is 43.1 Å². The number of ether oxygens (including phenoxy) is 2. The van der Waals surface area contributed by atoms with Crippen LogP contribution in [0.2, 0.25) is 0 Å². The molecule has 5 heteroatoms. The average molecular weight is 306 g/mol. The molecule has 1 aromatic heterocycles. The van der Waals surface area contributed by atoms with Crippen molar-refractivity contribution in [1.29, 1.82) is 0 Å². The van der Waals surface area contributed by atoms with Crippen LogP contribution in [0.15, 0.2) is 23.6 Å². The fourth-order valence-electron chi connectivity index (χ4n) is 1.96. The molecule has 0 fully saturated rings. The summed E-state index contributed by atoms with van der Waals surface area (Å²) >= 11 is 1.59. The number of thiazole rings is 1. The average Bonchev–Trinajstić information content (AvgIpc) is 2.95. The first kappa shape index (κ1) is 15.8. The molecule has 0 saturated carbocycles. The van der Waals surface area contributed by atoms with E-state index in [1.165, 1.54) is 0 Å². The van der Waals surface area contributed by atoms with Gasteiger partial charge in [0.25, 0.3) is 0 Å². The second kappa shape index (κ2) is 6.03. The van der Waals surface area contributed by atoms with E-state index in [9.17, 15) is 0 Å². The topological polar surface area (TPSA) is 57.4 Å². The first-order valence-electron chi connectivity index (χ1n) is 6.80. The highest BCUT2D eigenvalue weighted by molar-refractivity contribution is 7.09. The van der Waals surface area contributed by atoms with Crippen molar-refractivity contribution in [3.63, 3.8) is 0 Å². The molecule has 0 bridgehead atoms. The Kier molecular flexibility index (Phi) is 4.54. The van der Waals surface area contributed by atoms with E-state index in [-0.39, 0.29) is 11.5 Å². The largest absolute Gasteiger partial charge is 0.493 e. The SMILES string of the molecule is COc1ccc(C(N)c2nc(C(C)(C)C)cs2)cc1OC. The molecule has 1 heterocycles. The summed E-state index contributed by atoms with van der Waals surface area (Å²) in [5.74, 6) is 1.38. The molecule has 0 aliphatic rings. The van der Waals surface area contributed by atoms with Gasteiger partial charge in [-0.1, -0.05) is 26.8 Å². The summed E-state index contributed by atoms with van der Waals surface area (Å²) in [6.45, 7) is 6.44. The lowest BCUT2D eigenvalue weighted by atomic mass is 9.93. The third-order valence-corrected chi connectivity index (χ3v) is 4.25. The Labute approximate surface area is 129 Å². The molecular formula is C16H22N2O2S. The fourth-order valence-corrected chi connectivity index (χ4v) is 3.04. The Morgan fingerprint density at radius 2 is 1.81 bits per heavy atom. The zero-order valence-electron chi connectivity index (χ0n) is 13.1. The van der Waals surface area contributed by atoms with E-state index in [0.29, 0.717) is 11.5 Å². The molecule has 0 amide bonds. The van der Waals surface area contributed by atoms with Gasteiger partial charge in [-0.15, -0.1) is 11.3 Å². The molecule has 21 heavy (non-hydrogen) atoms. The Balaban J connectivity index is 2.31. The van der Waals surface area contributed by atoms with Crippen molar-refractivity contribution in [3.8, 4) is 11.5 Å². The normalized spacial score (nSPS) is 13.0. The number of nitrogens with zero attached hydrogens (tertiary/aromatic N) is 1. The van der Waals surface area contributed by atoms with Gasteiger partial charge in [0.2, 0.25) is 0 Å². The van der Waals surface area contributed by atoms with Crippen molar-refractivity contribution >= 4 is 11.3 Å². The Morgan fingerprint density at radius 3 is 2.33 bits per heavy atom. The molecule has 2 rings (SSSR count). The standard InChI is InChI=1S/C16H22N2O2S/c1-16(2,3)13-9-21-15(18-13)14(17)10-6-7-11(19-4)12(8-10)20-5/h6-9,14H,17H2,1-5H3. The van der Waals surface area contributed by atoms with E-state index in [2.05, 4.69) is 31.1 Å². The van der Waals surface area contributed by atoms with Crippen LogP contribution in [0.25, 0.3) is 0 Å². The number of aromatic nitrogens is 1. The molecular weight excluding hydrogens is 284 g/mol. The lowest BCUT2D eigenvalue weighted by Crippen LogP contribution is -2.15. The molecule has 2 aromatic rings. The van der Waals surface area contributed by atoms with Crippen LogP contribution in [-0.2, 0) is 5.41 Å². The number of hydrogen-bond donors (Lipinski definition) is 1. The van der Waals surface area contributed by atoms with Crippen LogP contribution in [0, 0.1) is 0 Å². The summed E-state index contributed by atoms with van der Waals surface area (Å²) in [4.78, 5) is 4.68. The molecule has 0 saturated heterocycles. The van der Waals surface area contributed by atoms with Crippen molar-refractivity contribution in [2.24, 2.45) is 5.73 Å². The molecule has 2 N–H and O–H groups in total. The first-order chi connectivity index (χ1) is 9.86. The maximum atomic E-state index is 6.34. The second-order valence-electron chi connectivity index (χ2n) is 5.91. The van der Waals surface area contributed by atoms with Gasteiger partial charge in [-0.3, -0.25) is 0 Å². The minimum absolute atomic E-state index is 0.0338. The van der Waals surface area contributed by atoms with Crippen LogP contribution in [0.3, 0.4) is 0 Å². The van der Waals surface area contributed by atoms with Gasteiger partial charge in [0, 0.05) is 10.8 Å². The minimum Gasteiger partial charge on any atom is -0.493 e. The van der Waals surface area contributed by atoms with Gasteiger partial charge in [-0.2, -0.15) is 0 Å². The van der Waals surface area contributed by atoms with Gasteiger partial charge in [0.05, 0.1) is 26.0 Å². The van der Waals surface area contributed by atoms with Crippen molar-refractivity contribution in [2.75, 3.05) is 14.2 Å². The van der Waals surface area contributed by atoms with E-state index in [1.54, 1.807) is 25.6 Å². The smallest absolute Gasteiger partial charge is 0.161 e. The van der Waals surface area contributed by atoms with E-state index in [4.69, 9.17) is 15.2 Å². The monoisotopic (exact) mass is 306 g/mol. The van der Waals surface area contributed by atoms with Crippen molar-refractivity contribution in [2.45, 2.75) is 32.2 Å². The minimum atomic E-state index is -0.258. The van der Waals surface area contributed by atoms with Crippen molar-refractivity contribution < 1.29 is 9.47 Å². The summed E-state index contributed by atoms with van der Waals surface area (Å²) in [5.41, 5.74) is 8.40. The van der Waals surface area contributed by atoms with Gasteiger partial charge in [-0.25, -0.2) is 4.98 Å². The van der Waals surface area contributed by atoms with Crippen molar-refractivity contribution in [3.05, 3.63) is 39.8 Å². The number of benzene rings is 1. The lowest BCUT2D eigenvalue weighted by Gasteiger charge is -2.15. The zero-order valence-corrected chi connectivity index (χ0v) is 14.0. The fraction of sp³-hybridized carbons (Fsp3) is 0.438. The Hall–Kier alpha value is -1.59. The number of hydrogen-bond acceptors (Lipinski definition) is 5. The van der Waals surface area contributed by atoms with Gasteiger partial charge in [-0.05, 0) is 17.7 Å². The van der Waals surface area contributed by atoms with E-state index >= 15 is 0 Å². The van der Waals surface area contributed by atoms with E-state index < -0.39 is 0 Å². The van der Waals surface area contributed by atoms with Gasteiger partial charge < -0.3 is 15.2 Å². The first-order valence-corrected chi connectivity index (χ1v) is 7.68. The number of rotatable bonds is 4. The van der Waals surface area contributed by atoms with Crippen LogP contribution >= 0.6 is 11.3 Å². The Morgan fingerprint density at radius 1 is 1.14 bits per heavy atom. The number of methoxy groups -OCH3 is 2. The van der Waals surface area contributed by atoms with Crippen LogP contribution in [0.4, 0.5) is 0 Å². The summed E-state index contributed by atoms with van der Waals surface area (Å²) < 4.78 is 10.6. The molecule has 114 valence electrons. The summed E-state index contributed by atoms with van der Waals surface area (Å²) in [6, 6.07) is 5.46. The predicted octanol–water partition coefficient (Wildman–Crippen LogP) is 3.51. The third-order valence-electron chi connectivity index (χ3n) is 3.32. The maximum Gasteiger partial charge on any atom is 0.161 e. The van der Waals surface area contributed by atoms with Gasteiger partial charge in [0.1, 0.15) is 5.01 Å². The maximum absolute atomic E-state index is 6.34. The summed E-state index contributed by atoms with van der Waals surface area (Å²) in [6.07, 6.45) is 0. The lowest BCUT2D eigenvalue weighted by molar-refractivity contribution is 0.354. The van der Waals surface area contributed by atoms with Crippen LogP contribution in [0.5, 0.6) is 11.5 Å². The highest BCUT2D eigenvalue weighted by Crippen LogP contribution is 2.33. The van der Waals surface area contributed by atoms with E-state index in [0.717, 1.165) is 16.3 Å². The molecule has 1 aromatic carbocycles. The molecule has 4 nitrogen and oxygen atoms in total. The zero-order chi connectivity index (χ0) is 15.6. The van der Waals surface area contributed by atoms with Crippen LogP contribution in [-0.4, -0.2) is 19.2 Å². The quantitative estimate of drug-likeness (QED) is 0.939. The highest BCUT2D eigenvalue weighted by atomic mass is 32.1. The highest BCUT2D eigenvalue weighted by Gasteiger charge is 2.21. The molecule has 0 aliphatic heterocycles. The molecule has 1 unspecified atom stereocenters. The second-order valence-corrected chi connectivity index (χ2v) is 6.80. The van der Waals surface area contributed by atoms with Gasteiger partial charge >= 0.3 is 0 Å². The summed E-state index contributed by atoms with van der Waals surface area (Å²) in [7, 11) is 3.24. The third kappa shape index (κ3) is 3.36. The van der Waals surface area contributed by atoms with E-state index in [1.807, 2.05) is 18.2 Å². The molecule has 1 atom stereocenters. The molecule has 0 radical (unpaired) electrons. The van der Waals surface area contributed by atoms with Crippen LogP contribution < -0.4 is 15.2 Å². The number of nitrogens with two attached hydrogens (primary N) is 1. The van der Waals surface area contributed by atoms with Crippen molar-refractivity contribution in [1.82, 2.24) is 4.98 Å².